The molecule has 1 saturated heterocycles. The summed E-state index contributed by atoms with van der Waals surface area (Å²) in [4.78, 5) is 44.6. The number of aromatic amines is 1. The van der Waals surface area contributed by atoms with Crippen molar-refractivity contribution in [2.24, 2.45) is 5.92 Å². The van der Waals surface area contributed by atoms with E-state index < -0.39 is 17.3 Å². The van der Waals surface area contributed by atoms with Crippen LogP contribution in [0.3, 0.4) is 0 Å². The number of amides is 2. The average Bonchev–Trinajstić information content (AvgIpc) is 3.01. The number of aryl methyl sites for hydroxylation is 1. The number of nitrogens with zero attached hydrogens (tertiary/aromatic N) is 2. The molecule has 1 N–H and O–H groups in total. The Morgan fingerprint density at radius 1 is 1.23 bits per heavy atom. The summed E-state index contributed by atoms with van der Waals surface area (Å²) in [6.07, 6.45) is 1.33. The predicted octanol–water partition coefficient (Wildman–Crippen LogP) is 3.76. The summed E-state index contributed by atoms with van der Waals surface area (Å²) in [5.41, 5.74) is 1.45. The number of rotatable bonds is 4. The Kier molecular flexibility index (Phi) is 6.19. The number of fused-ring (bicyclic) bond motifs is 1. The van der Waals surface area contributed by atoms with Gasteiger partial charge in [0.25, 0.3) is 11.7 Å². The number of piperidine rings is 1. The molecule has 2 aromatic rings. The molecule has 7 heteroatoms. The van der Waals surface area contributed by atoms with Crippen LogP contribution in [0, 0.1) is 12.8 Å². The zero-order valence-corrected chi connectivity index (χ0v) is 18.4. The number of hydrogen-bond acceptors (Lipinski definition) is 4. The van der Waals surface area contributed by atoms with Crippen LogP contribution < -0.4 is 0 Å². The maximum Gasteiger partial charge on any atom is 0.410 e. The van der Waals surface area contributed by atoms with E-state index >= 15 is 0 Å². The summed E-state index contributed by atoms with van der Waals surface area (Å²) >= 11 is 0. The zero-order chi connectivity index (χ0) is 22.1. The number of ketones is 1. The third-order valence-corrected chi connectivity index (χ3v) is 5.36. The lowest BCUT2D eigenvalue weighted by Crippen LogP contribution is -2.47. The zero-order valence-electron chi connectivity index (χ0n) is 18.4. The molecule has 7 nitrogen and oxygen atoms in total. The molecule has 1 unspecified atom stereocenters. The van der Waals surface area contributed by atoms with Crippen molar-refractivity contribution < 1.29 is 19.1 Å². The highest BCUT2D eigenvalue weighted by atomic mass is 16.6. The Morgan fingerprint density at radius 2 is 1.93 bits per heavy atom. The molecule has 1 atom stereocenters. The highest BCUT2D eigenvalue weighted by Crippen LogP contribution is 2.25. The minimum absolute atomic E-state index is 0.108. The third kappa shape index (κ3) is 4.83. The summed E-state index contributed by atoms with van der Waals surface area (Å²) in [5.74, 6) is -0.851. The second-order valence-corrected chi connectivity index (χ2v) is 9.12. The number of hydrogen-bond donors (Lipinski definition) is 1. The van der Waals surface area contributed by atoms with E-state index in [1.165, 1.54) is 0 Å². The molecule has 2 amide bonds. The molecule has 1 aromatic carbocycles. The number of Topliss-reactive ketones (excluding diaryl/α,β-unsaturated/α-hetero) is 1. The van der Waals surface area contributed by atoms with Crippen molar-refractivity contribution in [3.05, 3.63) is 35.5 Å². The normalized spacial score (nSPS) is 17.1. The monoisotopic (exact) mass is 413 g/mol. The largest absolute Gasteiger partial charge is 0.444 e. The van der Waals surface area contributed by atoms with E-state index in [1.54, 1.807) is 16.8 Å². The maximum absolute atomic E-state index is 13.0. The SMILES string of the molecule is Cc1[nH]c2ccccc2c1C(=O)C(=O)N1CCCC(CN(C)C(=O)OC(C)(C)C)C1. The Morgan fingerprint density at radius 3 is 2.63 bits per heavy atom. The van der Waals surface area contributed by atoms with Crippen LogP contribution in [0.25, 0.3) is 10.9 Å². The molecule has 0 bridgehead atoms. The molecular weight excluding hydrogens is 382 g/mol. The summed E-state index contributed by atoms with van der Waals surface area (Å²) < 4.78 is 5.41. The highest BCUT2D eigenvalue weighted by molar-refractivity contribution is 6.45. The van der Waals surface area contributed by atoms with Gasteiger partial charge in [0, 0.05) is 43.3 Å². The van der Waals surface area contributed by atoms with Crippen LogP contribution in [-0.4, -0.2) is 64.9 Å². The van der Waals surface area contributed by atoms with Gasteiger partial charge in [0.15, 0.2) is 0 Å². The lowest BCUT2D eigenvalue weighted by molar-refractivity contribution is -0.128. The number of aromatic nitrogens is 1. The molecular formula is C23H31N3O4. The van der Waals surface area contributed by atoms with Crippen LogP contribution in [0.4, 0.5) is 4.79 Å². The number of carbonyl (C=O) groups is 3. The minimum Gasteiger partial charge on any atom is -0.444 e. The molecule has 0 spiro atoms. The van der Waals surface area contributed by atoms with Gasteiger partial charge in [-0.25, -0.2) is 4.79 Å². The summed E-state index contributed by atoms with van der Waals surface area (Å²) in [6, 6.07) is 7.51. The van der Waals surface area contributed by atoms with Crippen molar-refractivity contribution in [3.8, 4) is 0 Å². The van der Waals surface area contributed by atoms with E-state index in [1.807, 2.05) is 52.0 Å². The molecule has 3 rings (SSSR count). The number of benzene rings is 1. The fraction of sp³-hybridized carbons (Fsp3) is 0.522. The minimum atomic E-state index is -0.552. The van der Waals surface area contributed by atoms with Gasteiger partial charge in [-0.1, -0.05) is 18.2 Å². The summed E-state index contributed by atoms with van der Waals surface area (Å²) in [5, 5.41) is 0.770. The van der Waals surface area contributed by atoms with Gasteiger partial charge in [-0.15, -0.1) is 0 Å². The van der Waals surface area contributed by atoms with Crippen molar-refractivity contribution in [1.29, 1.82) is 0 Å². The van der Waals surface area contributed by atoms with Gasteiger partial charge in [-0.05, 0) is 52.5 Å². The Balaban J connectivity index is 1.67. The van der Waals surface area contributed by atoms with E-state index in [0.29, 0.717) is 30.9 Å². The topological polar surface area (TPSA) is 82.7 Å². The Hall–Kier alpha value is -2.83. The summed E-state index contributed by atoms with van der Waals surface area (Å²) in [7, 11) is 1.70. The lowest BCUT2D eigenvalue weighted by atomic mass is 9.96. The summed E-state index contributed by atoms with van der Waals surface area (Å²) in [6.45, 7) is 8.81. The third-order valence-electron chi connectivity index (χ3n) is 5.36. The van der Waals surface area contributed by atoms with Gasteiger partial charge >= 0.3 is 6.09 Å². The molecule has 2 heterocycles. The quantitative estimate of drug-likeness (QED) is 0.611. The van der Waals surface area contributed by atoms with Gasteiger partial charge in [0.05, 0.1) is 5.56 Å². The van der Waals surface area contributed by atoms with Crippen LogP contribution in [0.5, 0.6) is 0 Å². The van der Waals surface area contributed by atoms with Crippen LogP contribution >= 0.6 is 0 Å². The first-order chi connectivity index (χ1) is 14.1. The van der Waals surface area contributed by atoms with Crippen LogP contribution in [0.1, 0.15) is 49.7 Å². The van der Waals surface area contributed by atoms with Gasteiger partial charge in [-0.2, -0.15) is 0 Å². The lowest BCUT2D eigenvalue weighted by Gasteiger charge is -2.34. The Bertz CT molecular complexity index is 957. The number of nitrogens with one attached hydrogen (secondary N) is 1. The molecule has 1 fully saturated rings. The first kappa shape index (κ1) is 21.9. The van der Waals surface area contributed by atoms with Crippen molar-refractivity contribution in [3.63, 3.8) is 0 Å². The van der Waals surface area contributed by atoms with Crippen molar-refractivity contribution in [1.82, 2.24) is 14.8 Å². The van der Waals surface area contributed by atoms with Crippen molar-refractivity contribution >= 4 is 28.7 Å². The average molecular weight is 414 g/mol. The molecule has 0 saturated carbocycles. The molecule has 162 valence electrons. The van der Waals surface area contributed by atoms with Crippen LogP contribution in [-0.2, 0) is 9.53 Å². The number of ether oxygens (including phenoxy) is 1. The number of likely N-dealkylation sites (tertiary alicyclic amines) is 1. The van der Waals surface area contributed by atoms with Crippen molar-refractivity contribution in [2.45, 2.75) is 46.1 Å². The first-order valence-electron chi connectivity index (χ1n) is 10.4. The van der Waals surface area contributed by atoms with E-state index in [4.69, 9.17) is 4.74 Å². The fourth-order valence-electron chi connectivity index (χ4n) is 4.02. The van der Waals surface area contributed by atoms with E-state index in [9.17, 15) is 14.4 Å². The van der Waals surface area contributed by atoms with Crippen molar-refractivity contribution in [2.75, 3.05) is 26.7 Å². The fourth-order valence-corrected chi connectivity index (χ4v) is 4.02. The van der Waals surface area contributed by atoms with Gasteiger partial charge in [0.2, 0.25) is 0 Å². The first-order valence-corrected chi connectivity index (χ1v) is 10.4. The molecule has 1 aliphatic heterocycles. The maximum atomic E-state index is 13.0. The second kappa shape index (κ2) is 8.50. The van der Waals surface area contributed by atoms with Crippen LogP contribution in [0.15, 0.2) is 24.3 Å². The van der Waals surface area contributed by atoms with E-state index in [2.05, 4.69) is 4.98 Å². The molecule has 1 aliphatic rings. The molecule has 0 aliphatic carbocycles. The number of H-pyrrole nitrogens is 1. The molecule has 30 heavy (non-hydrogen) atoms. The Labute approximate surface area is 177 Å². The van der Waals surface area contributed by atoms with Gasteiger partial charge in [0.1, 0.15) is 5.60 Å². The van der Waals surface area contributed by atoms with Gasteiger partial charge in [-0.3, -0.25) is 9.59 Å². The van der Waals surface area contributed by atoms with E-state index in [0.717, 1.165) is 23.7 Å². The highest BCUT2D eigenvalue weighted by Gasteiger charge is 2.32. The predicted molar refractivity (Wildman–Crippen MR) is 116 cm³/mol. The van der Waals surface area contributed by atoms with E-state index in [-0.39, 0.29) is 12.0 Å². The number of carbonyl (C=O) groups excluding carboxylic acids is 3. The molecule has 0 radical (unpaired) electrons. The smallest absolute Gasteiger partial charge is 0.410 e. The second-order valence-electron chi connectivity index (χ2n) is 9.12. The standard InChI is InChI=1S/C23H31N3O4/c1-15-19(17-10-6-7-11-18(17)24-15)20(27)21(28)26-12-8-9-16(14-26)13-25(5)22(29)30-23(2,3)4/h6-7,10-11,16,24H,8-9,12-14H2,1-5H3. The van der Waals surface area contributed by atoms with Crippen LogP contribution in [0.2, 0.25) is 0 Å². The molecule has 1 aromatic heterocycles. The number of para-hydroxylation sites is 1. The van der Waals surface area contributed by atoms with Gasteiger partial charge < -0.3 is 19.5 Å².